The van der Waals surface area contributed by atoms with Gasteiger partial charge in [0.25, 0.3) is 0 Å². The quantitative estimate of drug-likeness (QED) is 0.511. The van der Waals surface area contributed by atoms with Gasteiger partial charge in [0, 0.05) is 13.3 Å². The van der Waals surface area contributed by atoms with Crippen molar-refractivity contribution in [1.82, 2.24) is 4.90 Å². The molecule has 0 aromatic carbocycles. The summed E-state index contributed by atoms with van der Waals surface area (Å²) in [5.74, 6) is -0.225. The Morgan fingerprint density at radius 2 is 2.45 bits per heavy atom. The Labute approximate surface area is 64.4 Å². The summed E-state index contributed by atoms with van der Waals surface area (Å²) < 4.78 is 12.6. The van der Waals surface area contributed by atoms with Crippen molar-refractivity contribution in [3.63, 3.8) is 0 Å². The molecule has 1 heterocycles. The molecule has 0 saturated carbocycles. The van der Waals surface area contributed by atoms with Crippen LogP contribution in [0.1, 0.15) is 13.3 Å². The maximum absolute atomic E-state index is 12.6. The van der Waals surface area contributed by atoms with Gasteiger partial charge in [-0.25, -0.2) is 4.39 Å². The Morgan fingerprint density at radius 3 is 2.82 bits per heavy atom. The van der Waals surface area contributed by atoms with Gasteiger partial charge in [0.15, 0.2) is 0 Å². The first kappa shape index (κ1) is 7.99. The number of hydrogen-bond donors (Lipinski definition) is 0. The van der Waals surface area contributed by atoms with Crippen molar-refractivity contribution < 1.29 is 9.18 Å². The highest BCUT2D eigenvalue weighted by Gasteiger charge is 2.33. The van der Waals surface area contributed by atoms with Crippen LogP contribution in [0.2, 0.25) is 0 Å². The van der Waals surface area contributed by atoms with Gasteiger partial charge in [-0.1, -0.05) is 0 Å². The number of nitriles is 1. The van der Waals surface area contributed by atoms with Gasteiger partial charge in [-0.2, -0.15) is 5.26 Å². The van der Waals surface area contributed by atoms with E-state index in [9.17, 15) is 9.18 Å². The van der Waals surface area contributed by atoms with Crippen LogP contribution < -0.4 is 0 Å². The fourth-order valence-electron chi connectivity index (χ4n) is 1.26. The Kier molecular flexibility index (Phi) is 2.08. The third-order valence-corrected chi connectivity index (χ3v) is 1.80. The third-order valence-electron chi connectivity index (χ3n) is 1.80. The first-order valence-corrected chi connectivity index (χ1v) is 3.46. The standard InChI is InChI=1S/C7H9FN2O/c1-5(11)10-4-6(8)2-7(10)3-9/h6-7H,2,4H2,1H3/t6-,7-/m0/s1. The van der Waals surface area contributed by atoms with Gasteiger partial charge in [0.05, 0.1) is 12.6 Å². The van der Waals surface area contributed by atoms with Gasteiger partial charge < -0.3 is 4.90 Å². The zero-order valence-corrected chi connectivity index (χ0v) is 6.25. The zero-order chi connectivity index (χ0) is 8.43. The SMILES string of the molecule is CC(=O)N1C[C@@H](F)C[C@H]1C#N. The molecule has 0 N–H and O–H groups in total. The highest BCUT2D eigenvalue weighted by Crippen LogP contribution is 2.19. The molecule has 1 saturated heterocycles. The second-order valence-corrected chi connectivity index (χ2v) is 2.65. The zero-order valence-electron chi connectivity index (χ0n) is 6.25. The summed E-state index contributed by atoms with van der Waals surface area (Å²) in [7, 11) is 0. The van der Waals surface area contributed by atoms with Crippen LogP contribution in [0.4, 0.5) is 4.39 Å². The van der Waals surface area contributed by atoms with E-state index in [0.717, 1.165) is 0 Å². The fraction of sp³-hybridized carbons (Fsp3) is 0.714. The van der Waals surface area contributed by atoms with Gasteiger partial charge in [0.2, 0.25) is 5.91 Å². The smallest absolute Gasteiger partial charge is 0.220 e. The molecule has 0 aliphatic carbocycles. The maximum atomic E-state index is 12.6. The largest absolute Gasteiger partial charge is 0.324 e. The highest BCUT2D eigenvalue weighted by molar-refractivity contribution is 5.74. The van der Waals surface area contributed by atoms with Crippen molar-refractivity contribution in [2.45, 2.75) is 25.6 Å². The van der Waals surface area contributed by atoms with E-state index in [4.69, 9.17) is 5.26 Å². The van der Waals surface area contributed by atoms with Crippen LogP contribution in [-0.4, -0.2) is 29.6 Å². The van der Waals surface area contributed by atoms with E-state index < -0.39 is 12.2 Å². The Hall–Kier alpha value is -1.11. The predicted molar refractivity (Wildman–Crippen MR) is 36.3 cm³/mol. The van der Waals surface area contributed by atoms with E-state index in [1.165, 1.54) is 11.8 Å². The van der Waals surface area contributed by atoms with Crippen LogP contribution in [0.15, 0.2) is 0 Å². The third kappa shape index (κ3) is 1.48. The first-order chi connectivity index (χ1) is 5.15. The molecule has 1 aliphatic rings. The summed E-state index contributed by atoms with van der Waals surface area (Å²) in [6.45, 7) is 1.43. The Morgan fingerprint density at radius 1 is 1.82 bits per heavy atom. The van der Waals surface area contributed by atoms with Crippen molar-refractivity contribution in [2.24, 2.45) is 0 Å². The van der Waals surface area contributed by atoms with Crippen molar-refractivity contribution in [3.05, 3.63) is 0 Å². The molecule has 1 aliphatic heterocycles. The van der Waals surface area contributed by atoms with Crippen molar-refractivity contribution >= 4 is 5.91 Å². The summed E-state index contributed by atoms with van der Waals surface area (Å²) in [5, 5.41) is 8.49. The molecule has 60 valence electrons. The number of nitrogens with zero attached hydrogens (tertiary/aromatic N) is 2. The van der Waals surface area contributed by atoms with Crippen molar-refractivity contribution in [3.8, 4) is 6.07 Å². The van der Waals surface area contributed by atoms with Gasteiger partial charge >= 0.3 is 0 Å². The summed E-state index contributed by atoms with van der Waals surface area (Å²) in [6, 6.07) is 1.34. The Bertz CT molecular complexity index is 211. The Balaban J connectivity index is 2.67. The number of hydrogen-bond acceptors (Lipinski definition) is 2. The van der Waals surface area contributed by atoms with Crippen LogP contribution in [0.5, 0.6) is 0 Å². The molecule has 3 nitrogen and oxygen atoms in total. The lowest BCUT2D eigenvalue weighted by Gasteiger charge is -2.15. The van der Waals surface area contributed by atoms with Crippen molar-refractivity contribution in [1.29, 1.82) is 5.26 Å². The first-order valence-electron chi connectivity index (χ1n) is 3.46. The topological polar surface area (TPSA) is 44.1 Å². The molecule has 1 fully saturated rings. The molecule has 0 aromatic rings. The second-order valence-electron chi connectivity index (χ2n) is 2.65. The molecule has 0 spiro atoms. The van der Waals surface area contributed by atoms with Gasteiger partial charge in [-0.15, -0.1) is 0 Å². The lowest BCUT2D eigenvalue weighted by Crippen LogP contribution is -2.32. The monoisotopic (exact) mass is 156 g/mol. The molecule has 0 unspecified atom stereocenters. The molecule has 0 bridgehead atoms. The molecule has 4 heteroatoms. The molecule has 1 rings (SSSR count). The average molecular weight is 156 g/mol. The number of likely N-dealkylation sites (tertiary alicyclic amines) is 1. The van der Waals surface area contributed by atoms with Crippen LogP contribution in [-0.2, 0) is 4.79 Å². The average Bonchev–Trinajstić information content (AvgIpc) is 2.30. The molecule has 11 heavy (non-hydrogen) atoms. The maximum Gasteiger partial charge on any atom is 0.220 e. The van der Waals surface area contributed by atoms with E-state index in [-0.39, 0.29) is 18.9 Å². The summed E-state index contributed by atoms with van der Waals surface area (Å²) in [5.41, 5.74) is 0. The van der Waals surface area contributed by atoms with Crippen LogP contribution in [0.25, 0.3) is 0 Å². The molecular weight excluding hydrogens is 147 g/mol. The van der Waals surface area contributed by atoms with Gasteiger partial charge in [-0.05, 0) is 0 Å². The minimum atomic E-state index is -1.02. The normalized spacial score (nSPS) is 30.1. The number of halogens is 1. The van der Waals surface area contributed by atoms with E-state index in [0.29, 0.717) is 0 Å². The van der Waals surface area contributed by atoms with Crippen LogP contribution in [0.3, 0.4) is 0 Å². The van der Waals surface area contributed by atoms with Gasteiger partial charge in [-0.3, -0.25) is 4.79 Å². The van der Waals surface area contributed by atoms with E-state index in [1.807, 2.05) is 6.07 Å². The van der Waals surface area contributed by atoms with Crippen LogP contribution in [0, 0.1) is 11.3 Å². The van der Waals surface area contributed by atoms with Crippen LogP contribution >= 0.6 is 0 Å². The molecule has 0 radical (unpaired) electrons. The molecule has 0 aromatic heterocycles. The lowest BCUT2D eigenvalue weighted by molar-refractivity contribution is -0.128. The van der Waals surface area contributed by atoms with Gasteiger partial charge in [0.1, 0.15) is 12.2 Å². The summed E-state index contributed by atoms with van der Waals surface area (Å²) in [4.78, 5) is 12.0. The lowest BCUT2D eigenvalue weighted by atomic mass is 10.2. The molecular formula is C7H9FN2O. The minimum Gasteiger partial charge on any atom is -0.324 e. The van der Waals surface area contributed by atoms with E-state index in [2.05, 4.69) is 0 Å². The van der Waals surface area contributed by atoms with E-state index >= 15 is 0 Å². The minimum absolute atomic E-state index is 0.0769. The number of carbonyl (C=O) groups excluding carboxylic acids is 1. The summed E-state index contributed by atoms with van der Waals surface area (Å²) in [6.07, 6.45) is -0.862. The highest BCUT2D eigenvalue weighted by atomic mass is 19.1. The van der Waals surface area contributed by atoms with Crippen molar-refractivity contribution in [2.75, 3.05) is 6.54 Å². The predicted octanol–water partition coefficient (Wildman–Crippen LogP) is 0.469. The number of carbonyl (C=O) groups is 1. The molecule has 2 atom stereocenters. The number of rotatable bonds is 0. The fourth-order valence-corrected chi connectivity index (χ4v) is 1.26. The molecule has 1 amide bonds. The summed E-state index contributed by atoms with van der Waals surface area (Å²) >= 11 is 0. The number of amides is 1. The number of alkyl halides is 1. The van der Waals surface area contributed by atoms with E-state index in [1.54, 1.807) is 0 Å². The second kappa shape index (κ2) is 2.87.